The van der Waals surface area contributed by atoms with Crippen LogP contribution in [0.1, 0.15) is 5.56 Å². The zero-order valence-electron chi connectivity index (χ0n) is 4.48. The first-order valence-electron chi connectivity index (χ1n) is 2.32. The van der Waals surface area contributed by atoms with Crippen LogP contribution in [0.3, 0.4) is 0 Å². The quantitative estimate of drug-likeness (QED) is 0.598. The third-order valence-electron chi connectivity index (χ3n) is 0.876. The normalized spacial score (nSPS) is 7.56. The van der Waals surface area contributed by atoms with Crippen molar-refractivity contribution in [2.24, 2.45) is 0 Å². The minimum atomic E-state index is 0.591. The zero-order valence-corrected chi connectivity index (χ0v) is 6.07. The SMILES string of the molecule is N#Cc1cc#ccc1Br. The monoisotopic (exact) mass is 179 g/mol. The first kappa shape index (κ1) is 6.13. The van der Waals surface area contributed by atoms with Crippen LogP contribution in [0, 0.1) is 23.5 Å². The molecule has 9 heavy (non-hydrogen) atoms. The van der Waals surface area contributed by atoms with Crippen molar-refractivity contribution in [1.82, 2.24) is 0 Å². The van der Waals surface area contributed by atoms with Gasteiger partial charge in [-0.3, -0.25) is 0 Å². The molecule has 0 radical (unpaired) electrons. The Bertz CT molecular complexity index is 249. The number of halogens is 1. The molecule has 1 aromatic rings. The number of hydrogen-bond acceptors (Lipinski definition) is 1. The predicted octanol–water partition coefficient (Wildman–Crippen LogP) is 1.92. The molecule has 42 valence electrons. The van der Waals surface area contributed by atoms with Gasteiger partial charge in [-0.05, 0) is 15.9 Å². The number of rotatable bonds is 0. The van der Waals surface area contributed by atoms with Crippen LogP contribution in [0.4, 0.5) is 0 Å². The van der Waals surface area contributed by atoms with E-state index in [9.17, 15) is 0 Å². The number of hydrogen-bond donors (Lipinski definition) is 0. The number of nitriles is 1. The summed E-state index contributed by atoms with van der Waals surface area (Å²) in [5.41, 5.74) is 0.591. The van der Waals surface area contributed by atoms with E-state index in [2.05, 4.69) is 28.1 Å². The van der Waals surface area contributed by atoms with Crippen molar-refractivity contribution in [2.45, 2.75) is 0 Å². The largest absolute Gasteiger partial charge is 0.192 e. The summed E-state index contributed by atoms with van der Waals surface area (Å²) in [6.07, 6.45) is 0. The highest BCUT2D eigenvalue weighted by atomic mass is 79.9. The summed E-state index contributed by atoms with van der Waals surface area (Å²) >= 11 is 3.18. The lowest BCUT2D eigenvalue weighted by atomic mass is 10.3. The maximum Gasteiger partial charge on any atom is 0.101 e. The molecular formula is C7H2BrN. The molecule has 1 aromatic carbocycles. The maximum atomic E-state index is 8.40. The van der Waals surface area contributed by atoms with Crippen LogP contribution in [-0.2, 0) is 0 Å². The molecule has 0 aliphatic carbocycles. The molecule has 0 saturated carbocycles. The Morgan fingerprint density at radius 3 is 2.56 bits per heavy atom. The summed E-state index contributed by atoms with van der Waals surface area (Å²) < 4.78 is 0.767. The molecule has 2 heteroatoms. The minimum Gasteiger partial charge on any atom is -0.192 e. The van der Waals surface area contributed by atoms with Gasteiger partial charge in [0, 0.05) is 16.6 Å². The van der Waals surface area contributed by atoms with Gasteiger partial charge in [0.15, 0.2) is 0 Å². The van der Waals surface area contributed by atoms with Gasteiger partial charge in [0.05, 0.1) is 5.56 Å². The second-order valence-corrected chi connectivity index (χ2v) is 2.31. The number of nitrogens with zero attached hydrogens (tertiary/aromatic N) is 1. The standard InChI is InChI=1S/C7H2BrN/c8-7-4-2-1-3-6(7)5-9/h3-4H. The molecule has 0 aromatic heterocycles. The molecule has 1 nitrogen and oxygen atoms in total. The molecule has 0 heterocycles. The molecule has 0 bridgehead atoms. The Balaban J connectivity index is 3.20. The van der Waals surface area contributed by atoms with E-state index < -0.39 is 0 Å². The zero-order chi connectivity index (χ0) is 6.69. The lowest BCUT2D eigenvalue weighted by Gasteiger charge is -1.84. The molecule has 0 fully saturated rings. The molecule has 0 amide bonds. The summed E-state index contributed by atoms with van der Waals surface area (Å²) in [7, 11) is 0. The molecule has 0 spiro atoms. The average molecular weight is 180 g/mol. The van der Waals surface area contributed by atoms with Gasteiger partial charge in [0.25, 0.3) is 0 Å². The van der Waals surface area contributed by atoms with Gasteiger partial charge in [-0.2, -0.15) is 5.26 Å². The summed E-state index contributed by atoms with van der Waals surface area (Å²) in [5.74, 6) is 0. The second kappa shape index (κ2) is 2.53. The highest BCUT2D eigenvalue weighted by Crippen LogP contribution is 2.11. The van der Waals surface area contributed by atoms with Crippen molar-refractivity contribution in [3.63, 3.8) is 0 Å². The molecular weight excluding hydrogens is 178 g/mol. The fourth-order valence-corrected chi connectivity index (χ4v) is 0.769. The van der Waals surface area contributed by atoms with Crippen LogP contribution >= 0.6 is 15.9 Å². The van der Waals surface area contributed by atoms with Crippen molar-refractivity contribution in [1.29, 1.82) is 5.26 Å². The second-order valence-electron chi connectivity index (χ2n) is 1.45. The minimum absolute atomic E-state index is 0.591. The van der Waals surface area contributed by atoms with Gasteiger partial charge >= 0.3 is 0 Å². The van der Waals surface area contributed by atoms with E-state index in [4.69, 9.17) is 5.26 Å². The molecule has 0 aliphatic rings. The van der Waals surface area contributed by atoms with Crippen LogP contribution in [0.25, 0.3) is 0 Å². The summed E-state index contributed by atoms with van der Waals surface area (Å²) in [4.78, 5) is 0. The third kappa shape index (κ3) is 1.22. The maximum absolute atomic E-state index is 8.40. The van der Waals surface area contributed by atoms with E-state index in [1.54, 1.807) is 12.1 Å². The third-order valence-corrected chi connectivity index (χ3v) is 1.53. The Labute approximate surface area is 62.1 Å². The predicted molar refractivity (Wildman–Crippen MR) is 36.5 cm³/mol. The molecule has 0 unspecified atom stereocenters. The van der Waals surface area contributed by atoms with Crippen molar-refractivity contribution < 1.29 is 0 Å². The first-order valence-corrected chi connectivity index (χ1v) is 3.11. The van der Waals surface area contributed by atoms with Crippen molar-refractivity contribution in [3.05, 3.63) is 34.3 Å². The Hall–Kier alpha value is -0.990. The molecule has 1 rings (SSSR count). The van der Waals surface area contributed by atoms with E-state index in [1.807, 2.05) is 6.07 Å². The highest BCUT2D eigenvalue weighted by Gasteiger charge is 1.91. The fraction of sp³-hybridized carbons (Fsp3) is 0. The van der Waals surface area contributed by atoms with Gasteiger partial charge in [0.1, 0.15) is 6.07 Å². The first-order chi connectivity index (χ1) is 4.34. The van der Waals surface area contributed by atoms with E-state index >= 15 is 0 Å². The fourth-order valence-electron chi connectivity index (χ4n) is 0.451. The van der Waals surface area contributed by atoms with Gasteiger partial charge in [-0.1, -0.05) is 12.1 Å². The van der Waals surface area contributed by atoms with Crippen molar-refractivity contribution in [3.8, 4) is 6.07 Å². The molecule has 0 N–H and O–H groups in total. The lowest BCUT2D eigenvalue weighted by molar-refractivity contribution is 1.47. The van der Waals surface area contributed by atoms with Crippen molar-refractivity contribution in [2.75, 3.05) is 0 Å². The van der Waals surface area contributed by atoms with E-state index in [0.717, 1.165) is 4.47 Å². The molecule has 0 saturated heterocycles. The topological polar surface area (TPSA) is 23.8 Å². The van der Waals surface area contributed by atoms with Crippen LogP contribution in [0.2, 0.25) is 0 Å². The van der Waals surface area contributed by atoms with Gasteiger partial charge in [-0.25, -0.2) is 0 Å². The van der Waals surface area contributed by atoms with Crippen LogP contribution in [-0.4, -0.2) is 0 Å². The Morgan fingerprint density at radius 2 is 2.11 bits per heavy atom. The van der Waals surface area contributed by atoms with Crippen LogP contribution in [0.15, 0.2) is 16.6 Å². The molecule has 0 atom stereocenters. The van der Waals surface area contributed by atoms with Crippen molar-refractivity contribution >= 4 is 15.9 Å². The Kier molecular flexibility index (Phi) is 1.72. The van der Waals surface area contributed by atoms with E-state index in [1.165, 1.54) is 0 Å². The van der Waals surface area contributed by atoms with E-state index in [0.29, 0.717) is 5.56 Å². The Morgan fingerprint density at radius 1 is 1.44 bits per heavy atom. The summed E-state index contributed by atoms with van der Waals surface area (Å²) in [6.45, 7) is 0. The van der Waals surface area contributed by atoms with Gasteiger partial charge < -0.3 is 0 Å². The average Bonchev–Trinajstić information content (AvgIpc) is 1.89. The summed E-state index contributed by atoms with van der Waals surface area (Å²) in [5, 5.41) is 8.40. The van der Waals surface area contributed by atoms with Gasteiger partial charge in [-0.15, -0.1) is 0 Å². The molecule has 0 aliphatic heterocycles. The highest BCUT2D eigenvalue weighted by molar-refractivity contribution is 9.10. The van der Waals surface area contributed by atoms with Crippen LogP contribution in [0.5, 0.6) is 0 Å². The summed E-state index contributed by atoms with van der Waals surface area (Å²) in [6, 6.07) is 10.6. The van der Waals surface area contributed by atoms with E-state index in [-0.39, 0.29) is 0 Å². The lowest BCUT2D eigenvalue weighted by Crippen LogP contribution is -1.70. The van der Waals surface area contributed by atoms with Crippen LogP contribution < -0.4 is 0 Å². The smallest absolute Gasteiger partial charge is 0.101 e. The van der Waals surface area contributed by atoms with Gasteiger partial charge in [0.2, 0.25) is 0 Å².